The SMILES string of the molecule is Br.O=S(=O)(OF)OF. The molecule has 0 aromatic heterocycles. The van der Waals surface area contributed by atoms with Crippen LogP contribution in [0.5, 0.6) is 0 Å². The van der Waals surface area contributed by atoms with Crippen LogP contribution in [-0.4, -0.2) is 8.42 Å². The van der Waals surface area contributed by atoms with Gasteiger partial charge in [-0.15, -0.1) is 17.0 Å². The highest BCUT2D eigenvalue weighted by Gasteiger charge is 2.10. The largest absolute Gasteiger partial charge is 0.461 e. The van der Waals surface area contributed by atoms with Crippen molar-refractivity contribution in [2.24, 2.45) is 0 Å². The summed E-state index contributed by atoms with van der Waals surface area (Å²) in [7, 11) is -4.99. The summed E-state index contributed by atoms with van der Waals surface area (Å²) >= 11 is 0. The maximum atomic E-state index is 10.3. The minimum absolute atomic E-state index is 0. The van der Waals surface area contributed by atoms with Gasteiger partial charge >= 0.3 is 10.4 Å². The summed E-state index contributed by atoms with van der Waals surface area (Å²) < 4.78 is 42.9. The summed E-state index contributed by atoms with van der Waals surface area (Å²) in [6.45, 7) is 0. The standard InChI is InChI=1S/BrH.F2O4S/c;1-5-7(3,4)6-2/h1H;. The lowest BCUT2D eigenvalue weighted by Gasteiger charge is -1.81. The highest BCUT2D eigenvalue weighted by Crippen LogP contribution is 1.94. The van der Waals surface area contributed by atoms with Crippen LogP contribution in [0.1, 0.15) is 0 Å². The van der Waals surface area contributed by atoms with Crippen LogP contribution < -0.4 is 0 Å². The average molecular weight is 215 g/mol. The molecule has 0 fully saturated rings. The highest BCUT2D eigenvalue weighted by molar-refractivity contribution is 8.93. The molecule has 0 heterocycles. The molecule has 52 valence electrons. The second kappa shape index (κ2) is 4.13. The lowest BCUT2D eigenvalue weighted by Crippen LogP contribution is -1.97. The van der Waals surface area contributed by atoms with Crippen molar-refractivity contribution in [3.8, 4) is 0 Å². The Kier molecular flexibility index (Phi) is 5.71. The predicted octanol–water partition coefficient (Wildman–Crippen LogP) is 0.611. The van der Waals surface area contributed by atoms with E-state index >= 15 is 0 Å². The van der Waals surface area contributed by atoms with Crippen molar-refractivity contribution in [1.29, 1.82) is 0 Å². The average Bonchev–Trinajstić information content (AvgIpc) is 1.68. The molecule has 0 aliphatic heterocycles. The molecule has 0 N–H and O–H groups in total. The molecular weight excluding hydrogens is 214 g/mol. The molecule has 8 heteroatoms. The van der Waals surface area contributed by atoms with E-state index in [1.165, 1.54) is 0 Å². The van der Waals surface area contributed by atoms with Crippen LogP contribution in [0.25, 0.3) is 0 Å². The van der Waals surface area contributed by atoms with Crippen molar-refractivity contribution in [2.75, 3.05) is 0 Å². The van der Waals surface area contributed by atoms with E-state index in [0.717, 1.165) is 0 Å². The predicted molar refractivity (Wildman–Crippen MR) is 23.6 cm³/mol. The van der Waals surface area contributed by atoms with Crippen molar-refractivity contribution in [1.82, 2.24) is 0 Å². The van der Waals surface area contributed by atoms with Crippen molar-refractivity contribution in [2.45, 2.75) is 0 Å². The summed E-state index contributed by atoms with van der Waals surface area (Å²) in [6.07, 6.45) is 0. The van der Waals surface area contributed by atoms with Gasteiger partial charge in [-0.05, 0) is 17.8 Å². The van der Waals surface area contributed by atoms with Gasteiger partial charge < -0.3 is 0 Å². The van der Waals surface area contributed by atoms with Crippen LogP contribution in [0, 0.1) is 0 Å². The van der Waals surface area contributed by atoms with E-state index in [4.69, 9.17) is 0 Å². The van der Waals surface area contributed by atoms with Gasteiger partial charge in [-0.25, -0.2) is 0 Å². The molecule has 0 radical (unpaired) electrons. The van der Waals surface area contributed by atoms with Gasteiger partial charge in [0.15, 0.2) is 0 Å². The first-order chi connectivity index (χ1) is 3.12. The zero-order valence-electron chi connectivity index (χ0n) is 3.21. The van der Waals surface area contributed by atoms with Crippen LogP contribution in [0.15, 0.2) is 0 Å². The molecule has 0 aliphatic rings. The van der Waals surface area contributed by atoms with Gasteiger partial charge in [-0.3, -0.25) is 0 Å². The fraction of sp³-hybridized carbons (Fsp3) is 0. The molecule has 0 rings (SSSR count). The Bertz CT molecular complexity index is 117. The molecule has 0 spiro atoms. The van der Waals surface area contributed by atoms with E-state index in [1.54, 1.807) is 0 Å². The molecule has 0 aromatic carbocycles. The lowest BCUT2D eigenvalue weighted by molar-refractivity contribution is -0.0770. The molecular formula is HBrF2O4S. The fourth-order valence-electron chi connectivity index (χ4n) is 0.00972. The number of halogens is 3. The smallest absolute Gasteiger partial charge is 0.164 e. The maximum Gasteiger partial charge on any atom is 0.461 e. The van der Waals surface area contributed by atoms with Crippen molar-refractivity contribution in [3.05, 3.63) is 0 Å². The third kappa shape index (κ3) is 4.37. The Balaban J connectivity index is 0. The Morgan fingerprint density at radius 1 is 1.12 bits per heavy atom. The van der Waals surface area contributed by atoms with Gasteiger partial charge in [-0.1, -0.05) is 0 Å². The molecule has 0 bridgehead atoms. The van der Waals surface area contributed by atoms with E-state index in [9.17, 15) is 17.5 Å². The van der Waals surface area contributed by atoms with Gasteiger partial charge in [0, 0.05) is 0 Å². The molecule has 0 unspecified atom stereocenters. The summed E-state index contributed by atoms with van der Waals surface area (Å²) in [5.41, 5.74) is 0. The molecule has 0 aliphatic carbocycles. The van der Waals surface area contributed by atoms with Crippen molar-refractivity contribution < 1.29 is 26.2 Å². The maximum absolute atomic E-state index is 10.3. The second-order valence-corrected chi connectivity index (χ2v) is 1.60. The first-order valence-corrected chi connectivity index (χ1v) is 2.31. The van der Waals surface area contributed by atoms with Crippen molar-refractivity contribution in [3.63, 3.8) is 0 Å². The van der Waals surface area contributed by atoms with Gasteiger partial charge in [-0.2, -0.15) is 8.42 Å². The fourth-order valence-corrected chi connectivity index (χ4v) is 0.0292. The minimum Gasteiger partial charge on any atom is -0.164 e. The zero-order valence-corrected chi connectivity index (χ0v) is 5.73. The summed E-state index contributed by atoms with van der Waals surface area (Å²) in [6, 6.07) is 0. The summed E-state index contributed by atoms with van der Waals surface area (Å²) in [5, 5.41) is 0. The Hall–Kier alpha value is 0.210. The third-order valence-corrected chi connectivity index (χ3v) is 0.463. The van der Waals surface area contributed by atoms with Gasteiger partial charge in [0.05, 0.1) is 0 Å². The van der Waals surface area contributed by atoms with Gasteiger partial charge in [0.25, 0.3) is 0 Å². The van der Waals surface area contributed by atoms with E-state index in [-0.39, 0.29) is 17.0 Å². The highest BCUT2D eigenvalue weighted by atomic mass is 79.9. The van der Waals surface area contributed by atoms with Gasteiger partial charge in [0.2, 0.25) is 0 Å². The van der Waals surface area contributed by atoms with E-state index < -0.39 is 10.4 Å². The molecule has 4 nitrogen and oxygen atoms in total. The van der Waals surface area contributed by atoms with E-state index in [0.29, 0.717) is 0 Å². The number of rotatable bonds is 2. The van der Waals surface area contributed by atoms with Crippen molar-refractivity contribution >= 4 is 27.4 Å². The third-order valence-electron chi connectivity index (χ3n) is 0.154. The Morgan fingerprint density at radius 2 is 1.38 bits per heavy atom. The number of hydrogen-bond acceptors (Lipinski definition) is 4. The molecule has 0 saturated heterocycles. The summed E-state index contributed by atoms with van der Waals surface area (Å²) in [5.74, 6) is 0. The molecule has 0 amide bonds. The van der Waals surface area contributed by atoms with Crippen LogP contribution in [0.4, 0.5) is 9.05 Å². The quantitative estimate of drug-likeness (QED) is 0.677. The Labute approximate surface area is 54.3 Å². The van der Waals surface area contributed by atoms with Gasteiger partial charge in [0.1, 0.15) is 0 Å². The normalized spacial score (nSPS) is 10.2. The first-order valence-electron chi connectivity index (χ1n) is 0.975. The second-order valence-electron chi connectivity index (χ2n) is 0.534. The van der Waals surface area contributed by atoms with E-state index in [1.807, 2.05) is 8.78 Å². The lowest BCUT2D eigenvalue weighted by atomic mass is 15.6. The van der Waals surface area contributed by atoms with Crippen LogP contribution >= 0.6 is 17.0 Å². The molecule has 0 aromatic rings. The number of hydrogen-bond donors (Lipinski definition) is 0. The summed E-state index contributed by atoms with van der Waals surface area (Å²) in [4.78, 5) is 0. The topological polar surface area (TPSA) is 52.6 Å². The van der Waals surface area contributed by atoms with Crippen LogP contribution in [0.2, 0.25) is 0 Å². The molecule has 8 heavy (non-hydrogen) atoms. The minimum atomic E-state index is -4.99. The van der Waals surface area contributed by atoms with E-state index in [2.05, 4.69) is 0 Å². The first kappa shape index (κ1) is 11.1. The zero-order chi connectivity index (χ0) is 5.91. The Morgan fingerprint density at radius 3 is 1.38 bits per heavy atom. The van der Waals surface area contributed by atoms with Crippen LogP contribution in [-0.2, 0) is 19.2 Å². The van der Waals surface area contributed by atoms with Crippen LogP contribution in [0.3, 0.4) is 0 Å². The molecule has 0 saturated carbocycles. The molecule has 0 atom stereocenters. The monoisotopic (exact) mass is 214 g/mol.